The van der Waals surface area contributed by atoms with Crippen LogP contribution in [0.5, 0.6) is 0 Å². The van der Waals surface area contributed by atoms with Crippen LogP contribution in [-0.2, 0) is 4.74 Å². The second-order valence-electron chi connectivity index (χ2n) is 8.34. The molecule has 0 aromatic rings. The summed E-state index contributed by atoms with van der Waals surface area (Å²) in [5.41, 5.74) is -0.406. The molecule has 0 saturated carbocycles. The number of alkyl carbamates (subject to hydrolysis) is 1. The Morgan fingerprint density at radius 1 is 0.833 bits per heavy atom. The van der Waals surface area contributed by atoms with Gasteiger partial charge in [-0.15, -0.1) is 0 Å². The van der Waals surface area contributed by atoms with Gasteiger partial charge in [-0.2, -0.15) is 0 Å². The molecule has 0 unspecified atom stereocenters. The second-order valence-corrected chi connectivity index (χ2v) is 22.6. The van der Waals surface area contributed by atoms with Crippen LogP contribution in [0, 0.1) is 0 Å². The van der Waals surface area contributed by atoms with E-state index in [1.54, 1.807) is 13.3 Å². The summed E-state index contributed by atoms with van der Waals surface area (Å²) in [6.07, 6.45) is 9.12. The zero-order valence-electron chi connectivity index (χ0n) is 17.3. The summed E-state index contributed by atoms with van der Waals surface area (Å²) in [4.78, 5) is 11.8. The van der Waals surface area contributed by atoms with Gasteiger partial charge in [0.1, 0.15) is 0 Å². The van der Waals surface area contributed by atoms with E-state index in [4.69, 9.17) is 4.74 Å². The fraction of sp³-hybridized carbons (Fsp3) is 0.950. The molecule has 0 atom stereocenters. The Labute approximate surface area is 155 Å². The van der Waals surface area contributed by atoms with Gasteiger partial charge in [-0.3, -0.25) is 0 Å². The number of amides is 1. The van der Waals surface area contributed by atoms with E-state index in [2.05, 4.69) is 26.1 Å². The number of nitrogens with one attached hydrogen (secondary N) is 1. The van der Waals surface area contributed by atoms with Crippen LogP contribution in [-0.4, -0.2) is 36.6 Å². The van der Waals surface area contributed by atoms with Crippen molar-refractivity contribution in [2.24, 2.45) is 0 Å². The number of ether oxygens (including phenoxy) is 1. The molecule has 0 aliphatic heterocycles. The molecule has 0 radical (unpaired) electrons. The van der Waals surface area contributed by atoms with Crippen molar-refractivity contribution < 1.29 is 9.53 Å². The van der Waals surface area contributed by atoms with Crippen molar-refractivity contribution in [2.45, 2.75) is 110 Å². The molecular weight excluding hydrogens is 405 g/mol. The normalized spacial score (nSPS) is 12.2. The first-order chi connectivity index (χ1) is 11.3. The summed E-state index contributed by atoms with van der Waals surface area (Å²) in [7, 11) is 0. The molecule has 144 valence electrons. The second kappa shape index (κ2) is 13.3. The van der Waals surface area contributed by atoms with Crippen molar-refractivity contribution in [3.8, 4) is 0 Å². The molecule has 1 N–H and O–H groups in total. The van der Waals surface area contributed by atoms with Gasteiger partial charge in [-0.1, -0.05) is 0 Å². The number of carbonyl (C=O) groups excluding carboxylic acids is 1. The molecule has 0 spiro atoms. The first-order valence-corrected chi connectivity index (χ1v) is 18.3. The van der Waals surface area contributed by atoms with Crippen LogP contribution in [0.1, 0.15) is 86.5 Å². The van der Waals surface area contributed by atoms with Crippen LogP contribution >= 0.6 is 0 Å². The number of hydrogen-bond acceptors (Lipinski definition) is 2. The summed E-state index contributed by atoms with van der Waals surface area (Å²) in [6, 6.07) is 0. The standard InChI is InChI=1S/C8H16NO2.3C4H9.Sn/c1-5-6-9-7(10)11-8(2,3)4;3*1-3-4-2;/h1,5-6H2,2-4H3,(H,9,10);3*1,3-4H2,2H3;. The summed E-state index contributed by atoms with van der Waals surface area (Å²) < 4.78 is 11.4. The predicted molar refractivity (Wildman–Crippen MR) is 109 cm³/mol. The molecule has 0 saturated heterocycles. The zero-order chi connectivity index (χ0) is 18.5. The number of unbranched alkanes of at least 4 members (excludes halogenated alkanes) is 3. The van der Waals surface area contributed by atoms with Crippen LogP contribution in [0.3, 0.4) is 0 Å². The van der Waals surface area contributed by atoms with Crippen molar-refractivity contribution in [2.75, 3.05) is 6.54 Å². The Hall–Kier alpha value is 0.0687. The topological polar surface area (TPSA) is 38.3 Å². The van der Waals surface area contributed by atoms with Crippen molar-refractivity contribution >= 4 is 24.5 Å². The zero-order valence-corrected chi connectivity index (χ0v) is 20.2. The number of rotatable bonds is 13. The van der Waals surface area contributed by atoms with Gasteiger partial charge in [-0.05, 0) is 0 Å². The third-order valence-corrected chi connectivity index (χ3v) is 20.9. The van der Waals surface area contributed by atoms with E-state index in [-0.39, 0.29) is 6.09 Å². The van der Waals surface area contributed by atoms with Gasteiger partial charge in [0.15, 0.2) is 0 Å². The van der Waals surface area contributed by atoms with Crippen LogP contribution in [0.4, 0.5) is 4.79 Å². The van der Waals surface area contributed by atoms with E-state index < -0.39 is 24.0 Å². The van der Waals surface area contributed by atoms with E-state index >= 15 is 0 Å². The van der Waals surface area contributed by atoms with Gasteiger partial charge in [0.05, 0.1) is 0 Å². The predicted octanol–water partition coefficient (Wildman–Crippen LogP) is 6.75. The van der Waals surface area contributed by atoms with Gasteiger partial charge in [-0.25, -0.2) is 0 Å². The third-order valence-electron chi connectivity index (χ3n) is 4.73. The number of hydrogen-bond donors (Lipinski definition) is 1. The van der Waals surface area contributed by atoms with Crippen LogP contribution in [0.25, 0.3) is 0 Å². The van der Waals surface area contributed by atoms with Crippen molar-refractivity contribution in [3.63, 3.8) is 0 Å². The van der Waals surface area contributed by atoms with E-state index in [1.165, 1.54) is 43.0 Å². The van der Waals surface area contributed by atoms with Gasteiger partial charge in [0, 0.05) is 0 Å². The maximum atomic E-state index is 11.8. The molecule has 0 aromatic heterocycles. The summed E-state index contributed by atoms with van der Waals surface area (Å²) in [6.45, 7) is 13.5. The molecule has 0 rings (SSSR count). The van der Waals surface area contributed by atoms with E-state index in [9.17, 15) is 4.79 Å². The Morgan fingerprint density at radius 2 is 1.25 bits per heavy atom. The number of carbonyl (C=O) groups is 1. The fourth-order valence-corrected chi connectivity index (χ4v) is 19.7. The maximum absolute atomic E-state index is 11.8. The Balaban J connectivity index is 4.47. The quantitative estimate of drug-likeness (QED) is 0.250. The SMILES string of the molecule is CCC[CH2][Sn]([CH2]CCC)([CH2]CCC)[CH2]CCNC(=O)OC(C)(C)C. The Morgan fingerprint density at radius 3 is 1.62 bits per heavy atom. The summed E-state index contributed by atoms with van der Waals surface area (Å²) in [5, 5.41) is 2.95. The molecule has 0 heterocycles. The molecule has 0 fully saturated rings. The average molecular weight is 448 g/mol. The molecule has 0 aliphatic carbocycles. The van der Waals surface area contributed by atoms with Gasteiger partial charge < -0.3 is 0 Å². The van der Waals surface area contributed by atoms with Gasteiger partial charge in [0.25, 0.3) is 0 Å². The first kappa shape index (κ1) is 24.1. The molecule has 24 heavy (non-hydrogen) atoms. The molecule has 4 heteroatoms. The summed E-state index contributed by atoms with van der Waals surface area (Å²) in [5.74, 6) is 0. The average Bonchev–Trinajstić information content (AvgIpc) is 2.50. The van der Waals surface area contributed by atoms with Crippen LogP contribution in [0.15, 0.2) is 0 Å². The molecular formula is C20H43NO2Sn. The van der Waals surface area contributed by atoms with Crippen molar-refractivity contribution in [3.05, 3.63) is 0 Å². The first-order valence-electron chi connectivity index (χ1n) is 10.3. The minimum atomic E-state index is -2.02. The Bertz CT molecular complexity index is 304. The van der Waals surface area contributed by atoms with Gasteiger partial charge in [0.2, 0.25) is 0 Å². The molecule has 3 nitrogen and oxygen atoms in total. The van der Waals surface area contributed by atoms with E-state index in [1.807, 2.05) is 20.8 Å². The van der Waals surface area contributed by atoms with E-state index in [0.717, 1.165) is 13.0 Å². The molecule has 0 aromatic carbocycles. The van der Waals surface area contributed by atoms with Crippen molar-refractivity contribution in [1.29, 1.82) is 0 Å². The van der Waals surface area contributed by atoms with Gasteiger partial charge >= 0.3 is 156 Å². The monoisotopic (exact) mass is 449 g/mol. The molecule has 0 bridgehead atoms. The van der Waals surface area contributed by atoms with E-state index in [0.29, 0.717) is 0 Å². The van der Waals surface area contributed by atoms with Crippen molar-refractivity contribution in [1.82, 2.24) is 5.32 Å². The minimum absolute atomic E-state index is 0.265. The van der Waals surface area contributed by atoms with Crippen LogP contribution < -0.4 is 5.32 Å². The fourth-order valence-electron chi connectivity index (χ4n) is 3.37. The third kappa shape index (κ3) is 12.4. The summed E-state index contributed by atoms with van der Waals surface area (Å²) >= 11 is -2.02. The van der Waals surface area contributed by atoms with Crippen LogP contribution in [0.2, 0.25) is 17.7 Å². The molecule has 0 aliphatic rings. The molecule has 1 amide bonds. The Kier molecular flexibility index (Phi) is 13.3.